The molecule has 0 saturated heterocycles. The lowest BCUT2D eigenvalue weighted by atomic mass is 10.3. The smallest absolute Gasteiger partial charge is 0.387 e. The Bertz CT molecular complexity index is 632. The molecule has 114 valence electrons. The molecule has 2 aromatic heterocycles. The maximum absolute atomic E-state index is 11.7. The van der Waals surface area contributed by atoms with Gasteiger partial charge in [0.05, 0.1) is 18.0 Å². The fraction of sp³-hybridized carbons (Fsp3) is 0.462. The second-order valence-electron chi connectivity index (χ2n) is 4.55. The maximum atomic E-state index is 11.7. The molecule has 8 heteroatoms. The van der Waals surface area contributed by atoms with E-state index in [1.54, 1.807) is 7.11 Å². The predicted molar refractivity (Wildman–Crippen MR) is 78.2 cm³/mol. The third-order valence-electron chi connectivity index (χ3n) is 2.71. The van der Waals surface area contributed by atoms with Crippen LogP contribution in [0.1, 0.15) is 13.3 Å². The molecule has 1 atom stereocenters. The van der Waals surface area contributed by atoms with Crippen molar-refractivity contribution in [1.82, 2.24) is 15.1 Å². The summed E-state index contributed by atoms with van der Waals surface area (Å²) in [7, 11) is 1.57. The monoisotopic (exact) mass is 311 g/mol. The van der Waals surface area contributed by atoms with Gasteiger partial charge in [-0.1, -0.05) is 6.07 Å². The van der Waals surface area contributed by atoms with Crippen LogP contribution < -0.4 is 11.1 Å². The lowest BCUT2D eigenvalue weighted by Crippen LogP contribution is -2.36. The molecule has 0 aliphatic rings. The van der Waals surface area contributed by atoms with Crippen molar-refractivity contribution in [3.8, 4) is 10.8 Å². The quantitative estimate of drug-likeness (QED) is 0.827. The number of nitrogens with zero attached hydrogens (tertiary/aromatic N) is 2. The third kappa shape index (κ3) is 4.27. The van der Waals surface area contributed by atoms with Crippen LogP contribution in [0.4, 0.5) is 0 Å². The van der Waals surface area contributed by atoms with Crippen molar-refractivity contribution >= 4 is 17.2 Å². The number of aryl methyl sites for hydroxylation is 1. The summed E-state index contributed by atoms with van der Waals surface area (Å²) in [6.07, 6.45) is 0.157. The van der Waals surface area contributed by atoms with Crippen LogP contribution in [0.3, 0.4) is 0 Å². The van der Waals surface area contributed by atoms with Gasteiger partial charge in [-0.15, -0.1) is 16.4 Å². The van der Waals surface area contributed by atoms with Crippen LogP contribution in [0.15, 0.2) is 26.7 Å². The molecule has 2 rings (SSSR count). The highest BCUT2D eigenvalue weighted by atomic mass is 32.1. The molecule has 21 heavy (non-hydrogen) atoms. The minimum Gasteiger partial charge on any atom is -0.387 e. The molecule has 0 aliphatic heterocycles. The third-order valence-corrected chi connectivity index (χ3v) is 3.57. The van der Waals surface area contributed by atoms with Crippen molar-refractivity contribution in [2.24, 2.45) is 0 Å². The zero-order valence-electron chi connectivity index (χ0n) is 11.9. The molecule has 7 nitrogen and oxygen atoms in total. The van der Waals surface area contributed by atoms with Crippen molar-refractivity contribution in [3.05, 3.63) is 28.1 Å². The Morgan fingerprint density at radius 1 is 1.62 bits per heavy atom. The fourth-order valence-electron chi connectivity index (χ4n) is 1.79. The Balaban J connectivity index is 1.92. The number of carbonyl (C=O) groups is 1. The molecular formula is C13H17N3O4S. The molecule has 0 bridgehead atoms. The number of rotatable bonds is 7. The number of amides is 1. The summed E-state index contributed by atoms with van der Waals surface area (Å²) in [4.78, 5) is 24.2. The van der Waals surface area contributed by atoms with Gasteiger partial charge in [0.25, 0.3) is 5.89 Å². The molecule has 1 N–H and O–H groups in total. The van der Waals surface area contributed by atoms with Crippen molar-refractivity contribution in [2.45, 2.75) is 25.9 Å². The number of thiophene rings is 1. The molecule has 0 fully saturated rings. The van der Waals surface area contributed by atoms with Gasteiger partial charge in [0, 0.05) is 19.6 Å². The van der Waals surface area contributed by atoms with Crippen LogP contribution in [-0.4, -0.2) is 35.4 Å². The van der Waals surface area contributed by atoms with E-state index < -0.39 is 5.76 Å². The molecule has 0 saturated carbocycles. The number of aromatic nitrogens is 2. The van der Waals surface area contributed by atoms with Gasteiger partial charge in [0.1, 0.15) is 0 Å². The van der Waals surface area contributed by atoms with E-state index >= 15 is 0 Å². The zero-order valence-corrected chi connectivity index (χ0v) is 12.7. The van der Waals surface area contributed by atoms with Gasteiger partial charge in [0.2, 0.25) is 5.91 Å². The van der Waals surface area contributed by atoms with Gasteiger partial charge in [-0.2, -0.15) is 4.68 Å². The average Bonchev–Trinajstić information content (AvgIpc) is 3.06. The highest BCUT2D eigenvalue weighted by Crippen LogP contribution is 2.20. The first-order valence-corrected chi connectivity index (χ1v) is 7.38. The van der Waals surface area contributed by atoms with E-state index in [0.29, 0.717) is 6.61 Å². The van der Waals surface area contributed by atoms with Gasteiger partial charge >= 0.3 is 5.76 Å². The van der Waals surface area contributed by atoms with Crippen molar-refractivity contribution < 1.29 is 13.9 Å². The van der Waals surface area contributed by atoms with Gasteiger partial charge in [0.15, 0.2) is 0 Å². The Hall–Kier alpha value is -1.93. The van der Waals surface area contributed by atoms with Crippen molar-refractivity contribution in [3.63, 3.8) is 0 Å². The molecule has 2 heterocycles. The summed E-state index contributed by atoms with van der Waals surface area (Å²) in [5.74, 6) is -0.438. The second-order valence-corrected chi connectivity index (χ2v) is 5.50. The van der Waals surface area contributed by atoms with Gasteiger partial charge in [-0.3, -0.25) is 4.79 Å². The average molecular weight is 311 g/mol. The first-order chi connectivity index (χ1) is 10.1. The van der Waals surface area contributed by atoms with E-state index in [-0.39, 0.29) is 30.8 Å². The van der Waals surface area contributed by atoms with Gasteiger partial charge in [-0.05, 0) is 18.4 Å². The van der Waals surface area contributed by atoms with E-state index in [4.69, 9.17) is 9.15 Å². The zero-order chi connectivity index (χ0) is 15.2. The Morgan fingerprint density at radius 2 is 2.43 bits per heavy atom. The van der Waals surface area contributed by atoms with Crippen LogP contribution in [0.2, 0.25) is 0 Å². The topological polar surface area (TPSA) is 86.4 Å². The largest absolute Gasteiger partial charge is 0.437 e. The van der Waals surface area contributed by atoms with Crippen LogP contribution in [0.25, 0.3) is 10.8 Å². The Labute approximate surface area is 125 Å². The number of ether oxygens (including phenoxy) is 1. The molecule has 2 aromatic rings. The number of carbonyl (C=O) groups excluding carboxylic acids is 1. The lowest BCUT2D eigenvalue weighted by molar-refractivity contribution is -0.122. The summed E-state index contributed by atoms with van der Waals surface area (Å²) in [6.45, 7) is 2.47. The molecule has 0 spiro atoms. The van der Waals surface area contributed by atoms with E-state index in [0.717, 1.165) is 9.56 Å². The fourth-order valence-corrected chi connectivity index (χ4v) is 2.44. The molecule has 1 unspecified atom stereocenters. The summed E-state index contributed by atoms with van der Waals surface area (Å²) in [5, 5.41) is 8.73. The van der Waals surface area contributed by atoms with Gasteiger partial charge < -0.3 is 14.5 Å². The summed E-state index contributed by atoms with van der Waals surface area (Å²) in [6, 6.07) is 3.60. The minimum atomic E-state index is -0.559. The normalized spacial score (nSPS) is 12.3. The molecule has 0 aliphatic carbocycles. The highest BCUT2D eigenvalue weighted by molar-refractivity contribution is 7.13. The summed E-state index contributed by atoms with van der Waals surface area (Å²) in [5.41, 5.74) is 0. The minimum absolute atomic E-state index is 0.0711. The van der Waals surface area contributed by atoms with E-state index in [1.807, 2.05) is 24.4 Å². The number of hydrogen-bond donors (Lipinski definition) is 1. The van der Waals surface area contributed by atoms with E-state index in [2.05, 4.69) is 10.4 Å². The first-order valence-electron chi connectivity index (χ1n) is 6.50. The highest BCUT2D eigenvalue weighted by Gasteiger charge is 2.13. The predicted octanol–water partition coefficient (Wildman–Crippen LogP) is 1.11. The van der Waals surface area contributed by atoms with Crippen LogP contribution >= 0.6 is 11.3 Å². The van der Waals surface area contributed by atoms with Crippen molar-refractivity contribution in [2.75, 3.05) is 13.7 Å². The molecule has 0 radical (unpaired) electrons. The standard InChI is InChI=1S/C13H17N3O4S/c1-9(8-19-2)14-11(17)5-6-16-13(18)20-12(15-16)10-4-3-7-21-10/h3-4,7,9H,5-6,8H2,1-2H3,(H,14,17). The molecular weight excluding hydrogens is 294 g/mol. The first kappa shape index (κ1) is 15.5. The maximum Gasteiger partial charge on any atom is 0.437 e. The van der Waals surface area contributed by atoms with E-state index in [1.165, 1.54) is 11.3 Å². The summed E-state index contributed by atoms with van der Waals surface area (Å²) < 4.78 is 11.2. The van der Waals surface area contributed by atoms with E-state index in [9.17, 15) is 9.59 Å². The molecule has 0 aromatic carbocycles. The summed E-state index contributed by atoms with van der Waals surface area (Å²) >= 11 is 1.43. The van der Waals surface area contributed by atoms with Crippen molar-refractivity contribution in [1.29, 1.82) is 0 Å². The second kappa shape index (κ2) is 7.19. The Morgan fingerprint density at radius 3 is 3.10 bits per heavy atom. The molecule has 1 amide bonds. The Kier molecular flexibility index (Phi) is 5.29. The number of hydrogen-bond acceptors (Lipinski definition) is 6. The van der Waals surface area contributed by atoms with Crippen LogP contribution in [-0.2, 0) is 16.1 Å². The number of methoxy groups -OCH3 is 1. The number of nitrogens with one attached hydrogen (secondary N) is 1. The SMILES string of the molecule is COCC(C)NC(=O)CCn1nc(-c2cccs2)oc1=O. The van der Waals surface area contributed by atoms with Crippen LogP contribution in [0.5, 0.6) is 0 Å². The van der Waals surface area contributed by atoms with Gasteiger partial charge in [-0.25, -0.2) is 4.79 Å². The lowest BCUT2D eigenvalue weighted by Gasteiger charge is -2.12. The van der Waals surface area contributed by atoms with Crippen LogP contribution in [0, 0.1) is 0 Å².